The number of furan rings is 1. The van der Waals surface area contributed by atoms with Crippen LogP contribution in [-0.2, 0) is 0 Å². The molecule has 0 radical (unpaired) electrons. The Hall–Kier alpha value is -6.90. The molecule has 1 aromatic heterocycles. The highest BCUT2D eigenvalue weighted by atomic mass is 16.3. The lowest BCUT2D eigenvalue weighted by molar-refractivity contribution is 0.673. The summed E-state index contributed by atoms with van der Waals surface area (Å²) in [6.07, 6.45) is 0. The Labute approximate surface area is 302 Å². The lowest BCUT2D eigenvalue weighted by Gasteiger charge is -2.28. The largest absolute Gasteiger partial charge is 0.455 e. The van der Waals surface area contributed by atoms with E-state index in [0.29, 0.717) is 0 Å². The summed E-state index contributed by atoms with van der Waals surface area (Å²) in [6.45, 7) is 0. The van der Waals surface area contributed by atoms with E-state index in [0.717, 1.165) is 55.5 Å². The van der Waals surface area contributed by atoms with Crippen molar-refractivity contribution in [1.82, 2.24) is 0 Å². The van der Waals surface area contributed by atoms with Gasteiger partial charge in [0, 0.05) is 33.1 Å². The maximum absolute atomic E-state index is 6.62. The third-order valence-electron chi connectivity index (χ3n) is 10.3. The van der Waals surface area contributed by atoms with E-state index in [1.807, 2.05) is 0 Å². The molecular formula is C50H33NO. The molecule has 2 heteroatoms. The summed E-state index contributed by atoms with van der Waals surface area (Å²) in [7, 11) is 0. The Morgan fingerprint density at radius 2 is 0.885 bits per heavy atom. The zero-order chi connectivity index (χ0) is 34.4. The van der Waals surface area contributed by atoms with E-state index >= 15 is 0 Å². The summed E-state index contributed by atoms with van der Waals surface area (Å²) in [5.74, 6) is 0. The molecule has 52 heavy (non-hydrogen) atoms. The van der Waals surface area contributed by atoms with Crippen LogP contribution in [0.3, 0.4) is 0 Å². The Morgan fingerprint density at radius 3 is 1.67 bits per heavy atom. The molecule has 0 saturated carbocycles. The number of hydrogen-bond donors (Lipinski definition) is 0. The number of rotatable bonds is 6. The van der Waals surface area contributed by atoms with Crippen LogP contribution in [0.2, 0.25) is 0 Å². The van der Waals surface area contributed by atoms with Crippen molar-refractivity contribution in [2.75, 3.05) is 4.90 Å². The average Bonchev–Trinajstić information content (AvgIpc) is 3.62. The molecule has 0 amide bonds. The molecule has 0 aliphatic heterocycles. The first-order valence-corrected chi connectivity index (χ1v) is 17.8. The van der Waals surface area contributed by atoms with Gasteiger partial charge in [0.1, 0.15) is 11.2 Å². The van der Waals surface area contributed by atoms with E-state index in [-0.39, 0.29) is 0 Å². The van der Waals surface area contributed by atoms with Gasteiger partial charge in [-0.1, -0.05) is 158 Å². The van der Waals surface area contributed by atoms with E-state index in [9.17, 15) is 0 Å². The van der Waals surface area contributed by atoms with Crippen LogP contribution in [0.4, 0.5) is 17.1 Å². The van der Waals surface area contributed by atoms with Gasteiger partial charge in [-0.3, -0.25) is 0 Å². The quantitative estimate of drug-likeness (QED) is 0.176. The lowest BCUT2D eigenvalue weighted by Crippen LogP contribution is -2.11. The Bertz CT molecular complexity index is 2880. The lowest BCUT2D eigenvalue weighted by atomic mass is 9.95. The maximum atomic E-state index is 6.62. The van der Waals surface area contributed by atoms with Crippen molar-refractivity contribution in [3.8, 4) is 33.4 Å². The van der Waals surface area contributed by atoms with E-state index in [1.54, 1.807) is 0 Å². The number of para-hydroxylation sites is 1. The van der Waals surface area contributed by atoms with Crippen LogP contribution in [-0.4, -0.2) is 0 Å². The van der Waals surface area contributed by atoms with E-state index in [4.69, 9.17) is 4.42 Å². The second-order valence-corrected chi connectivity index (χ2v) is 13.3. The normalized spacial score (nSPS) is 11.5. The minimum atomic E-state index is 0.886. The summed E-state index contributed by atoms with van der Waals surface area (Å²) in [5, 5.41) is 7.05. The molecule has 0 spiro atoms. The summed E-state index contributed by atoms with van der Waals surface area (Å²) in [4.78, 5) is 2.38. The first-order chi connectivity index (χ1) is 25.8. The first-order valence-electron chi connectivity index (χ1n) is 17.8. The zero-order valence-electron chi connectivity index (χ0n) is 28.4. The molecule has 0 aliphatic carbocycles. The highest BCUT2D eigenvalue weighted by Gasteiger charge is 2.21. The minimum Gasteiger partial charge on any atom is -0.455 e. The Kier molecular flexibility index (Phi) is 7.18. The average molecular weight is 664 g/mol. The van der Waals surface area contributed by atoms with E-state index < -0.39 is 0 Å². The fourth-order valence-electron chi connectivity index (χ4n) is 7.80. The van der Waals surface area contributed by atoms with Gasteiger partial charge in [0.15, 0.2) is 0 Å². The third kappa shape index (κ3) is 5.04. The van der Waals surface area contributed by atoms with Crippen molar-refractivity contribution < 1.29 is 4.42 Å². The summed E-state index contributed by atoms with van der Waals surface area (Å²) in [6, 6.07) is 71.6. The van der Waals surface area contributed by atoms with Gasteiger partial charge in [0.25, 0.3) is 0 Å². The Balaban J connectivity index is 1.16. The van der Waals surface area contributed by atoms with Crippen molar-refractivity contribution in [3.63, 3.8) is 0 Å². The molecule has 1 heterocycles. The molecule has 9 aromatic carbocycles. The van der Waals surface area contributed by atoms with Gasteiger partial charge in [-0.15, -0.1) is 0 Å². The van der Waals surface area contributed by atoms with Crippen LogP contribution in [0.1, 0.15) is 0 Å². The van der Waals surface area contributed by atoms with Crippen LogP contribution in [0.5, 0.6) is 0 Å². The molecule has 0 saturated heterocycles. The van der Waals surface area contributed by atoms with Gasteiger partial charge in [0.2, 0.25) is 0 Å². The van der Waals surface area contributed by atoms with Crippen LogP contribution >= 0.6 is 0 Å². The molecule has 10 rings (SSSR count). The highest BCUT2D eigenvalue weighted by Crippen LogP contribution is 2.46. The van der Waals surface area contributed by atoms with Gasteiger partial charge in [-0.05, 0) is 86.4 Å². The second kappa shape index (κ2) is 12.5. The maximum Gasteiger partial charge on any atom is 0.143 e. The smallest absolute Gasteiger partial charge is 0.143 e. The van der Waals surface area contributed by atoms with Gasteiger partial charge >= 0.3 is 0 Å². The predicted octanol–water partition coefficient (Wildman–Crippen LogP) is 14.4. The fourth-order valence-corrected chi connectivity index (χ4v) is 7.80. The number of fused-ring (bicyclic) bond motifs is 6. The van der Waals surface area contributed by atoms with E-state index in [1.165, 1.54) is 38.4 Å². The van der Waals surface area contributed by atoms with Crippen molar-refractivity contribution >= 4 is 60.5 Å². The standard InChI is InChI=1S/C50H33NO/c1-2-12-34(13-3-1)35-24-29-39(30-25-35)51(40-31-26-38(27-32-40)42-20-10-16-36-14-4-6-17-41(36)42)47-22-9-8-19-44(47)45-21-11-23-48-49(45)46-33-28-37-15-5-7-18-43(37)50(46)52-48/h1-33H. The molecule has 2 nitrogen and oxygen atoms in total. The van der Waals surface area contributed by atoms with Crippen LogP contribution < -0.4 is 4.90 Å². The minimum absolute atomic E-state index is 0.886. The number of benzene rings is 9. The molecular weight excluding hydrogens is 631 g/mol. The molecule has 244 valence electrons. The van der Waals surface area contributed by atoms with Crippen molar-refractivity contribution in [2.45, 2.75) is 0 Å². The molecule has 0 fully saturated rings. The number of hydrogen-bond acceptors (Lipinski definition) is 2. The molecule has 10 aromatic rings. The summed E-state index contributed by atoms with van der Waals surface area (Å²) in [5.41, 5.74) is 12.2. The summed E-state index contributed by atoms with van der Waals surface area (Å²) >= 11 is 0. The topological polar surface area (TPSA) is 16.4 Å². The SMILES string of the molecule is c1ccc(-c2ccc(N(c3ccc(-c4cccc5ccccc45)cc3)c3ccccc3-c3cccc4oc5c6ccccc6ccc5c34)cc2)cc1. The fraction of sp³-hybridized carbons (Fsp3) is 0. The highest BCUT2D eigenvalue weighted by molar-refractivity contribution is 6.19. The van der Waals surface area contributed by atoms with Gasteiger partial charge in [-0.25, -0.2) is 0 Å². The summed E-state index contributed by atoms with van der Waals surface area (Å²) < 4.78 is 6.62. The predicted molar refractivity (Wildman–Crippen MR) is 220 cm³/mol. The Morgan fingerprint density at radius 1 is 0.327 bits per heavy atom. The van der Waals surface area contributed by atoms with Crippen LogP contribution in [0.15, 0.2) is 205 Å². The van der Waals surface area contributed by atoms with Crippen LogP contribution in [0, 0.1) is 0 Å². The number of anilines is 3. The molecule has 0 atom stereocenters. The first kappa shape index (κ1) is 30.0. The van der Waals surface area contributed by atoms with Gasteiger partial charge in [0.05, 0.1) is 5.69 Å². The molecule has 0 N–H and O–H groups in total. The van der Waals surface area contributed by atoms with Crippen molar-refractivity contribution in [2.24, 2.45) is 0 Å². The van der Waals surface area contributed by atoms with Gasteiger partial charge < -0.3 is 9.32 Å². The monoisotopic (exact) mass is 663 g/mol. The van der Waals surface area contributed by atoms with Crippen molar-refractivity contribution in [3.05, 3.63) is 200 Å². The van der Waals surface area contributed by atoms with Crippen LogP contribution in [0.25, 0.3) is 76.9 Å². The zero-order valence-corrected chi connectivity index (χ0v) is 28.4. The van der Waals surface area contributed by atoms with E-state index in [2.05, 4.69) is 205 Å². The number of nitrogens with zero attached hydrogens (tertiary/aromatic N) is 1. The second-order valence-electron chi connectivity index (χ2n) is 13.3. The molecule has 0 aliphatic rings. The molecule has 0 bridgehead atoms. The molecule has 0 unspecified atom stereocenters. The third-order valence-corrected chi connectivity index (χ3v) is 10.3. The van der Waals surface area contributed by atoms with Crippen molar-refractivity contribution in [1.29, 1.82) is 0 Å². The van der Waals surface area contributed by atoms with Gasteiger partial charge in [-0.2, -0.15) is 0 Å².